The quantitative estimate of drug-likeness (QED) is 0.724. The third-order valence-corrected chi connectivity index (χ3v) is 3.58. The van der Waals surface area contributed by atoms with E-state index in [-0.39, 0.29) is 18.9 Å². The molecule has 0 heterocycles. The smallest absolute Gasteiger partial charge is 0.407 e. The molecule has 2 aromatic rings. The first kappa shape index (κ1) is 19.3. The molecule has 0 atom stereocenters. The molecule has 0 spiro atoms. The molecule has 2 N–H and O–H groups in total. The van der Waals surface area contributed by atoms with Crippen LogP contribution in [0.25, 0.3) is 0 Å². The average Bonchev–Trinajstić information content (AvgIpc) is 2.66. The molecule has 0 bridgehead atoms. The number of amides is 2. The zero-order chi connectivity index (χ0) is 18.6. The van der Waals surface area contributed by atoms with E-state index in [0.717, 1.165) is 16.9 Å². The van der Waals surface area contributed by atoms with Gasteiger partial charge in [-0.3, -0.25) is 4.79 Å². The monoisotopic (exact) mass is 356 g/mol. The van der Waals surface area contributed by atoms with Crippen molar-refractivity contribution < 1.29 is 19.1 Å². The maximum absolute atomic E-state index is 11.9. The molecule has 26 heavy (non-hydrogen) atoms. The van der Waals surface area contributed by atoms with Crippen LogP contribution in [-0.4, -0.2) is 25.2 Å². The number of hydrogen-bond acceptors (Lipinski definition) is 4. The molecule has 6 nitrogen and oxygen atoms in total. The Hall–Kier alpha value is -3.02. The minimum absolute atomic E-state index is 0.153. The highest BCUT2D eigenvalue weighted by Gasteiger charge is 2.07. The highest BCUT2D eigenvalue weighted by Crippen LogP contribution is 2.19. The molecule has 0 aromatic heterocycles. The number of carbonyl (C=O) groups is 2. The first-order valence-electron chi connectivity index (χ1n) is 8.61. The number of carbonyl (C=O) groups excluding carboxylic acids is 2. The Kier molecular flexibility index (Phi) is 7.99. The van der Waals surface area contributed by atoms with Gasteiger partial charge >= 0.3 is 6.09 Å². The summed E-state index contributed by atoms with van der Waals surface area (Å²) < 4.78 is 10.6. The van der Waals surface area contributed by atoms with Crippen LogP contribution in [0.4, 0.5) is 4.79 Å². The summed E-state index contributed by atoms with van der Waals surface area (Å²) in [5.74, 6) is 0.584. The minimum Gasteiger partial charge on any atom is -0.489 e. The average molecular weight is 356 g/mol. The Morgan fingerprint density at radius 1 is 0.962 bits per heavy atom. The summed E-state index contributed by atoms with van der Waals surface area (Å²) in [7, 11) is 0. The summed E-state index contributed by atoms with van der Waals surface area (Å²) >= 11 is 0. The minimum atomic E-state index is -0.514. The van der Waals surface area contributed by atoms with Gasteiger partial charge in [-0.1, -0.05) is 48.5 Å². The van der Waals surface area contributed by atoms with Crippen molar-refractivity contribution in [2.24, 2.45) is 0 Å². The van der Waals surface area contributed by atoms with Crippen LogP contribution in [0, 0.1) is 0 Å². The van der Waals surface area contributed by atoms with E-state index < -0.39 is 6.09 Å². The number of rotatable bonds is 9. The van der Waals surface area contributed by atoms with Gasteiger partial charge in [0, 0.05) is 25.1 Å². The first-order valence-corrected chi connectivity index (χ1v) is 8.61. The van der Waals surface area contributed by atoms with Crippen LogP contribution in [0.15, 0.2) is 54.6 Å². The van der Waals surface area contributed by atoms with E-state index in [1.54, 1.807) is 6.92 Å². The number of hydrogen-bond donors (Lipinski definition) is 2. The summed E-state index contributed by atoms with van der Waals surface area (Å²) in [5.41, 5.74) is 1.98. The Labute approximate surface area is 153 Å². The van der Waals surface area contributed by atoms with Gasteiger partial charge in [0.25, 0.3) is 0 Å². The van der Waals surface area contributed by atoms with Crippen molar-refractivity contribution in [1.29, 1.82) is 0 Å². The van der Waals surface area contributed by atoms with Crippen LogP contribution in [0.1, 0.15) is 24.5 Å². The van der Waals surface area contributed by atoms with Crippen molar-refractivity contribution in [3.05, 3.63) is 65.7 Å². The van der Waals surface area contributed by atoms with E-state index in [2.05, 4.69) is 10.6 Å². The maximum atomic E-state index is 11.9. The van der Waals surface area contributed by atoms with Crippen molar-refractivity contribution in [3.8, 4) is 5.75 Å². The van der Waals surface area contributed by atoms with Crippen molar-refractivity contribution in [2.75, 3.05) is 13.2 Å². The second-order valence-corrected chi connectivity index (χ2v) is 5.56. The molecular formula is C20H24N2O4. The number of alkyl carbamates (subject to hydrolysis) is 1. The van der Waals surface area contributed by atoms with Gasteiger partial charge in [-0.2, -0.15) is 0 Å². The first-order chi connectivity index (χ1) is 12.7. The Balaban J connectivity index is 1.78. The molecule has 0 radical (unpaired) electrons. The van der Waals surface area contributed by atoms with Gasteiger partial charge < -0.3 is 20.1 Å². The third kappa shape index (κ3) is 6.84. The molecular weight excluding hydrogens is 332 g/mol. The second kappa shape index (κ2) is 10.8. The molecule has 0 unspecified atom stereocenters. The predicted octanol–water partition coefficient (Wildman–Crippen LogP) is 3.02. The van der Waals surface area contributed by atoms with Crippen molar-refractivity contribution >= 4 is 12.0 Å². The summed E-state index contributed by atoms with van der Waals surface area (Å²) in [4.78, 5) is 23.1. The summed E-state index contributed by atoms with van der Waals surface area (Å²) in [6, 6.07) is 17.5. The Bertz CT molecular complexity index is 704. The van der Waals surface area contributed by atoms with E-state index in [1.165, 1.54) is 0 Å². The fourth-order valence-electron chi connectivity index (χ4n) is 2.27. The molecule has 0 aliphatic rings. The van der Waals surface area contributed by atoms with Gasteiger partial charge in [0.1, 0.15) is 12.4 Å². The van der Waals surface area contributed by atoms with Crippen LogP contribution in [-0.2, 0) is 22.7 Å². The normalized spacial score (nSPS) is 10.0. The molecule has 0 saturated carbocycles. The van der Waals surface area contributed by atoms with Crippen molar-refractivity contribution in [1.82, 2.24) is 10.6 Å². The van der Waals surface area contributed by atoms with E-state index in [4.69, 9.17) is 9.47 Å². The Morgan fingerprint density at radius 3 is 2.46 bits per heavy atom. The van der Waals surface area contributed by atoms with Crippen LogP contribution in [0.5, 0.6) is 5.75 Å². The summed E-state index contributed by atoms with van der Waals surface area (Å²) in [6.45, 7) is 3.09. The molecule has 2 rings (SSSR count). The standard InChI is InChI=1S/C20H24N2O4/c1-2-25-20(24)21-13-12-19(23)22-14-17-10-6-7-11-18(17)26-15-16-8-4-3-5-9-16/h3-11H,2,12-15H2,1H3,(H,21,24)(H,22,23). The van der Waals surface area contributed by atoms with Crippen molar-refractivity contribution in [2.45, 2.75) is 26.5 Å². The number of nitrogens with one attached hydrogen (secondary N) is 2. The highest BCUT2D eigenvalue weighted by molar-refractivity contribution is 5.77. The molecule has 2 amide bonds. The number of benzene rings is 2. The number of ether oxygens (including phenoxy) is 2. The molecule has 0 aliphatic heterocycles. The molecule has 0 saturated heterocycles. The lowest BCUT2D eigenvalue weighted by atomic mass is 10.2. The van der Waals surface area contributed by atoms with Gasteiger partial charge in [0.2, 0.25) is 5.91 Å². The van der Waals surface area contributed by atoms with Crippen LogP contribution < -0.4 is 15.4 Å². The molecule has 0 fully saturated rings. The molecule has 2 aromatic carbocycles. The topological polar surface area (TPSA) is 76.7 Å². The summed E-state index contributed by atoms with van der Waals surface area (Å²) in [6.07, 6.45) is -0.328. The maximum Gasteiger partial charge on any atom is 0.407 e. The highest BCUT2D eigenvalue weighted by atomic mass is 16.5. The molecule has 6 heteroatoms. The fourth-order valence-corrected chi connectivity index (χ4v) is 2.27. The number of para-hydroxylation sites is 1. The van der Waals surface area contributed by atoms with Gasteiger partial charge in [0.15, 0.2) is 0 Å². The van der Waals surface area contributed by atoms with Crippen LogP contribution in [0.2, 0.25) is 0 Å². The lowest BCUT2D eigenvalue weighted by Gasteiger charge is -2.12. The van der Waals surface area contributed by atoms with E-state index in [1.807, 2.05) is 54.6 Å². The lowest BCUT2D eigenvalue weighted by molar-refractivity contribution is -0.121. The van der Waals surface area contributed by atoms with E-state index in [9.17, 15) is 9.59 Å². The largest absolute Gasteiger partial charge is 0.489 e. The third-order valence-electron chi connectivity index (χ3n) is 3.58. The van der Waals surface area contributed by atoms with Gasteiger partial charge in [-0.15, -0.1) is 0 Å². The lowest BCUT2D eigenvalue weighted by Crippen LogP contribution is -2.30. The molecule has 138 valence electrons. The SMILES string of the molecule is CCOC(=O)NCCC(=O)NCc1ccccc1OCc1ccccc1. The predicted molar refractivity (Wildman–Crippen MR) is 98.7 cm³/mol. The summed E-state index contributed by atoms with van der Waals surface area (Å²) in [5, 5.41) is 5.35. The second-order valence-electron chi connectivity index (χ2n) is 5.56. The Morgan fingerprint density at radius 2 is 1.69 bits per heavy atom. The van der Waals surface area contributed by atoms with E-state index >= 15 is 0 Å². The fraction of sp³-hybridized carbons (Fsp3) is 0.300. The van der Waals surface area contributed by atoms with Gasteiger partial charge in [-0.25, -0.2) is 4.79 Å². The van der Waals surface area contributed by atoms with Crippen LogP contribution >= 0.6 is 0 Å². The van der Waals surface area contributed by atoms with Gasteiger partial charge in [0.05, 0.1) is 6.61 Å². The molecule has 0 aliphatic carbocycles. The van der Waals surface area contributed by atoms with Crippen LogP contribution in [0.3, 0.4) is 0 Å². The zero-order valence-corrected chi connectivity index (χ0v) is 14.9. The zero-order valence-electron chi connectivity index (χ0n) is 14.9. The van der Waals surface area contributed by atoms with Gasteiger partial charge in [-0.05, 0) is 18.6 Å². The van der Waals surface area contributed by atoms with Crippen molar-refractivity contribution in [3.63, 3.8) is 0 Å². The van der Waals surface area contributed by atoms with E-state index in [0.29, 0.717) is 19.8 Å².